The summed E-state index contributed by atoms with van der Waals surface area (Å²) in [7, 11) is 8.63. The summed E-state index contributed by atoms with van der Waals surface area (Å²) in [5, 5.41) is 0.0906. The molecule has 0 bridgehead atoms. The second-order valence-corrected chi connectivity index (χ2v) is 5.85. The molecule has 0 amide bonds. The van der Waals surface area contributed by atoms with Crippen molar-refractivity contribution in [2.75, 3.05) is 0 Å². The summed E-state index contributed by atoms with van der Waals surface area (Å²) < 4.78 is 0. The Morgan fingerprint density at radius 2 is 2.00 bits per heavy atom. The third kappa shape index (κ3) is 2.27. The maximum atomic E-state index is 5.88. The molecule has 0 heterocycles. The first-order valence-corrected chi connectivity index (χ1v) is 4.47. The molecule has 3 atom stereocenters. The highest BCUT2D eigenvalue weighted by molar-refractivity contribution is 7.23. The number of rotatable bonds is 1. The Morgan fingerprint density at radius 1 is 1.60 bits per heavy atom. The van der Waals surface area contributed by atoms with Crippen LogP contribution in [0, 0.1) is 11.3 Å². The van der Waals surface area contributed by atoms with E-state index < -0.39 is 0 Å². The summed E-state index contributed by atoms with van der Waals surface area (Å²) >= 11 is 0. The van der Waals surface area contributed by atoms with E-state index in [4.69, 9.17) is 7.85 Å². The van der Waals surface area contributed by atoms with Crippen LogP contribution in [-0.2, 0) is 0 Å². The van der Waals surface area contributed by atoms with E-state index in [2.05, 4.69) is 30.0 Å². The fraction of sp³-hybridized carbons (Fsp3) is 1.00. The molecule has 0 N–H and O–H groups in total. The van der Waals surface area contributed by atoms with Crippen molar-refractivity contribution >= 4 is 17.1 Å². The maximum absolute atomic E-state index is 5.88. The van der Waals surface area contributed by atoms with Gasteiger partial charge in [-0.05, 0) is 29.2 Å². The van der Waals surface area contributed by atoms with Crippen molar-refractivity contribution in [2.24, 2.45) is 11.3 Å². The average molecular weight is 154 g/mol. The Labute approximate surface area is 67.8 Å². The van der Waals surface area contributed by atoms with Crippen LogP contribution in [0.4, 0.5) is 0 Å². The van der Waals surface area contributed by atoms with Crippen molar-refractivity contribution in [3.05, 3.63) is 0 Å². The molecule has 0 saturated heterocycles. The van der Waals surface area contributed by atoms with Gasteiger partial charge in [-0.25, -0.2) is 0 Å². The van der Waals surface area contributed by atoms with Gasteiger partial charge >= 0.3 is 0 Å². The van der Waals surface area contributed by atoms with Crippen LogP contribution in [0.1, 0.15) is 33.6 Å². The first kappa shape index (κ1) is 8.59. The number of hydrogen-bond donors (Lipinski definition) is 0. The van der Waals surface area contributed by atoms with Crippen molar-refractivity contribution < 1.29 is 0 Å². The standard InChI is InChI=1S/C8H16BP/c1-7(2,3)4-6-5-8(6,9)10/h6H,4-5,10H2,1-3H3. The molecule has 1 rings (SSSR count). The van der Waals surface area contributed by atoms with Gasteiger partial charge in [0.2, 0.25) is 0 Å². The molecule has 3 unspecified atom stereocenters. The molecule has 0 aliphatic heterocycles. The van der Waals surface area contributed by atoms with Crippen LogP contribution in [0.15, 0.2) is 0 Å². The highest BCUT2D eigenvalue weighted by atomic mass is 31.0. The van der Waals surface area contributed by atoms with Crippen LogP contribution >= 0.6 is 9.24 Å². The van der Waals surface area contributed by atoms with Crippen molar-refractivity contribution in [1.29, 1.82) is 0 Å². The molecule has 0 nitrogen and oxygen atoms in total. The SMILES string of the molecule is [B]C1(P)CC1CC(C)(C)C. The Morgan fingerprint density at radius 3 is 2.10 bits per heavy atom. The van der Waals surface area contributed by atoms with Gasteiger partial charge in [0.25, 0.3) is 0 Å². The van der Waals surface area contributed by atoms with Gasteiger partial charge in [0, 0.05) is 0 Å². The van der Waals surface area contributed by atoms with Crippen molar-refractivity contribution in [3.63, 3.8) is 0 Å². The summed E-state index contributed by atoms with van der Waals surface area (Å²) in [6.07, 6.45) is 2.45. The van der Waals surface area contributed by atoms with E-state index in [-0.39, 0.29) is 5.06 Å². The van der Waals surface area contributed by atoms with Crippen molar-refractivity contribution in [3.8, 4) is 0 Å². The normalized spacial score (nSPS) is 39.8. The molecule has 56 valence electrons. The molecule has 1 aliphatic rings. The molecule has 1 aliphatic carbocycles. The zero-order valence-electron chi connectivity index (χ0n) is 7.15. The minimum absolute atomic E-state index is 0.0906. The lowest BCUT2D eigenvalue weighted by Gasteiger charge is -2.18. The van der Waals surface area contributed by atoms with Crippen LogP contribution in [0.5, 0.6) is 0 Å². The summed E-state index contributed by atoms with van der Waals surface area (Å²) in [5.74, 6) is 0.748. The lowest BCUT2D eigenvalue weighted by molar-refractivity contribution is 0.353. The minimum Gasteiger partial charge on any atom is -0.140 e. The van der Waals surface area contributed by atoms with Crippen LogP contribution < -0.4 is 0 Å². The highest BCUT2D eigenvalue weighted by Gasteiger charge is 2.46. The summed E-state index contributed by atoms with van der Waals surface area (Å²) in [6, 6.07) is 0. The quantitative estimate of drug-likeness (QED) is 0.401. The van der Waals surface area contributed by atoms with Crippen LogP contribution in [0.3, 0.4) is 0 Å². The summed E-state index contributed by atoms with van der Waals surface area (Å²) in [6.45, 7) is 6.81. The van der Waals surface area contributed by atoms with Crippen molar-refractivity contribution in [2.45, 2.75) is 38.7 Å². The molecule has 2 heteroatoms. The van der Waals surface area contributed by atoms with E-state index in [1.807, 2.05) is 0 Å². The molecule has 2 radical (unpaired) electrons. The number of hydrogen-bond acceptors (Lipinski definition) is 0. The molecule has 1 fully saturated rings. The maximum Gasteiger partial charge on any atom is 0.0806 e. The largest absolute Gasteiger partial charge is 0.140 e. The molecule has 0 aromatic rings. The van der Waals surface area contributed by atoms with E-state index in [9.17, 15) is 0 Å². The van der Waals surface area contributed by atoms with Gasteiger partial charge < -0.3 is 0 Å². The minimum atomic E-state index is 0.0906. The van der Waals surface area contributed by atoms with Gasteiger partial charge in [0.05, 0.1) is 7.85 Å². The van der Waals surface area contributed by atoms with Crippen LogP contribution in [0.2, 0.25) is 0 Å². The van der Waals surface area contributed by atoms with E-state index in [0.717, 1.165) is 5.92 Å². The predicted molar refractivity (Wildman–Crippen MR) is 50.4 cm³/mol. The Kier molecular flexibility index (Phi) is 1.92. The second kappa shape index (κ2) is 2.24. The Bertz CT molecular complexity index is 135. The topological polar surface area (TPSA) is 0 Å². The first-order valence-electron chi connectivity index (χ1n) is 3.89. The third-order valence-corrected chi connectivity index (χ3v) is 2.77. The van der Waals surface area contributed by atoms with Gasteiger partial charge in [0.15, 0.2) is 0 Å². The average Bonchev–Trinajstić information content (AvgIpc) is 2.05. The smallest absolute Gasteiger partial charge is 0.0806 e. The molecular formula is C8H16BP. The molecule has 0 spiro atoms. The van der Waals surface area contributed by atoms with Gasteiger partial charge in [-0.1, -0.05) is 20.8 Å². The van der Waals surface area contributed by atoms with E-state index in [1.165, 1.54) is 12.8 Å². The zero-order chi connectivity index (χ0) is 7.99. The Hall–Kier alpha value is 0.495. The predicted octanol–water partition coefficient (Wildman–Crippen LogP) is 2.18. The van der Waals surface area contributed by atoms with Gasteiger partial charge in [-0.15, -0.1) is 9.24 Å². The van der Waals surface area contributed by atoms with E-state index >= 15 is 0 Å². The molecule has 0 aromatic heterocycles. The van der Waals surface area contributed by atoms with E-state index in [1.54, 1.807) is 0 Å². The fourth-order valence-electron chi connectivity index (χ4n) is 1.37. The zero-order valence-corrected chi connectivity index (χ0v) is 8.30. The summed E-state index contributed by atoms with van der Waals surface area (Å²) in [4.78, 5) is 0. The third-order valence-electron chi connectivity index (χ3n) is 2.06. The monoisotopic (exact) mass is 154 g/mol. The van der Waals surface area contributed by atoms with Gasteiger partial charge in [0.1, 0.15) is 0 Å². The van der Waals surface area contributed by atoms with Crippen molar-refractivity contribution in [1.82, 2.24) is 0 Å². The lowest BCUT2D eigenvalue weighted by Crippen LogP contribution is -2.10. The molecular weight excluding hydrogens is 138 g/mol. The lowest BCUT2D eigenvalue weighted by atomic mass is 9.86. The summed E-state index contributed by atoms with van der Waals surface area (Å²) in [5.41, 5.74) is 0.447. The van der Waals surface area contributed by atoms with Crippen LogP contribution in [-0.4, -0.2) is 12.9 Å². The molecule has 1 saturated carbocycles. The highest BCUT2D eigenvalue weighted by Crippen LogP contribution is 2.53. The first-order chi connectivity index (χ1) is 4.31. The molecule has 0 aromatic carbocycles. The fourth-order valence-corrected chi connectivity index (χ4v) is 1.77. The van der Waals surface area contributed by atoms with Gasteiger partial charge in [-0.2, -0.15) is 0 Å². The van der Waals surface area contributed by atoms with E-state index in [0.29, 0.717) is 5.41 Å². The Balaban J connectivity index is 2.31. The second-order valence-electron chi connectivity index (χ2n) is 4.78. The van der Waals surface area contributed by atoms with Crippen LogP contribution in [0.25, 0.3) is 0 Å². The van der Waals surface area contributed by atoms with Gasteiger partial charge in [-0.3, -0.25) is 0 Å². The molecule has 10 heavy (non-hydrogen) atoms.